The first-order chi connectivity index (χ1) is 13.1. The summed E-state index contributed by atoms with van der Waals surface area (Å²) >= 11 is 0. The van der Waals surface area contributed by atoms with Crippen LogP contribution >= 0.6 is 0 Å². The van der Waals surface area contributed by atoms with E-state index in [1.165, 1.54) is 6.33 Å². The number of hydrogen-bond acceptors (Lipinski definition) is 5. The number of nitrogens with one attached hydrogen (secondary N) is 1. The van der Waals surface area contributed by atoms with Crippen molar-refractivity contribution in [1.82, 2.24) is 14.8 Å². The molecule has 0 unspecified atom stereocenters. The van der Waals surface area contributed by atoms with Crippen molar-refractivity contribution in [1.29, 1.82) is 0 Å². The van der Waals surface area contributed by atoms with E-state index in [4.69, 9.17) is 9.47 Å². The summed E-state index contributed by atoms with van der Waals surface area (Å²) < 4.78 is 12.8. The number of aromatic nitrogens is 3. The van der Waals surface area contributed by atoms with Gasteiger partial charge in [0.05, 0.1) is 19.8 Å². The highest BCUT2D eigenvalue weighted by Gasteiger charge is 2.14. The Morgan fingerprint density at radius 1 is 1.19 bits per heavy atom. The number of carbonyl (C=O) groups is 1. The molecule has 0 spiro atoms. The van der Waals surface area contributed by atoms with Crippen LogP contribution in [0, 0.1) is 0 Å². The summed E-state index contributed by atoms with van der Waals surface area (Å²) in [5, 5.41) is 7.06. The van der Waals surface area contributed by atoms with Crippen molar-refractivity contribution in [2.75, 3.05) is 12.4 Å². The van der Waals surface area contributed by atoms with Crippen LogP contribution in [0.5, 0.6) is 11.5 Å². The molecule has 2 aromatic carbocycles. The Bertz CT molecular complexity index is 907. The van der Waals surface area contributed by atoms with Gasteiger partial charge < -0.3 is 14.8 Å². The third-order valence-corrected chi connectivity index (χ3v) is 3.85. The molecule has 0 radical (unpaired) electrons. The summed E-state index contributed by atoms with van der Waals surface area (Å²) in [7, 11) is 1.55. The third kappa shape index (κ3) is 4.63. The summed E-state index contributed by atoms with van der Waals surface area (Å²) in [6.45, 7) is 4.39. The molecule has 7 nitrogen and oxygen atoms in total. The molecule has 1 heterocycles. The Hall–Kier alpha value is -3.35. The number of nitrogens with zero attached hydrogens (tertiary/aromatic N) is 3. The van der Waals surface area contributed by atoms with Crippen LogP contribution in [-0.4, -0.2) is 33.9 Å². The highest BCUT2D eigenvalue weighted by molar-refractivity contribution is 6.05. The number of hydrogen-bond donors (Lipinski definition) is 1. The molecule has 27 heavy (non-hydrogen) atoms. The van der Waals surface area contributed by atoms with Gasteiger partial charge in [-0.2, -0.15) is 5.10 Å². The van der Waals surface area contributed by atoms with Crippen molar-refractivity contribution in [2.45, 2.75) is 26.5 Å². The van der Waals surface area contributed by atoms with Gasteiger partial charge in [-0.05, 0) is 43.7 Å². The Labute approximate surface area is 158 Å². The maximum Gasteiger partial charge on any atom is 0.255 e. The molecular weight excluding hydrogens is 344 g/mol. The molecule has 0 aliphatic rings. The average Bonchev–Trinajstić information content (AvgIpc) is 3.16. The molecule has 0 bridgehead atoms. The van der Waals surface area contributed by atoms with Crippen molar-refractivity contribution in [2.24, 2.45) is 0 Å². The molecular formula is C20H22N4O3. The first-order valence-electron chi connectivity index (χ1n) is 8.63. The van der Waals surface area contributed by atoms with Gasteiger partial charge in [0.2, 0.25) is 0 Å². The number of rotatable bonds is 7. The molecule has 0 atom stereocenters. The number of methoxy groups -OCH3 is 1. The van der Waals surface area contributed by atoms with Crippen LogP contribution in [-0.2, 0) is 6.54 Å². The predicted molar refractivity (Wildman–Crippen MR) is 102 cm³/mol. The van der Waals surface area contributed by atoms with E-state index in [-0.39, 0.29) is 12.0 Å². The van der Waals surface area contributed by atoms with Gasteiger partial charge in [0.25, 0.3) is 5.91 Å². The second kappa shape index (κ2) is 8.35. The fraction of sp³-hybridized carbons (Fsp3) is 0.250. The van der Waals surface area contributed by atoms with Crippen LogP contribution in [0.15, 0.2) is 55.1 Å². The van der Waals surface area contributed by atoms with Gasteiger partial charge in [-0.1, -0.05) is 18.2 Å². The van der Waals surface area contributed by atoms with Gasteiger partial charge in [0.1, 0.15) is 12.7 Å². The minimum absolute atomic E-state index is 0.0160. The quantitative estimate of drug-likeness (QED) is 0.694. The first kappa shape index (κ1) is 18.4. The van der Waals surface area contributed by atoms with Crippen LogP contribution < -0.4 is 14.8 Å². The van der Waals surface area contributed by atoms with Crippen molar-refractivity contribution in [3.05, 3.63) is 66.2 Å². The average molecular weight is 366 g/mol. The number of ether oxygens (including phenoxy) is 2. The molecule has 0 aliphatic heterocycles. The molecule has 3 rings (SSSR count). The normalized spacial score (nSPS) is 10.7. The van der Waals surface area contributed by atoms with E-state index < -0.39 is 0 Å². The zero-order valence-electron chi connectivity index (χ0n) is 15.5. The lowest BCUT2D eigenvalue weighted by atomic mass is 10.1. The van der Waals surface area contributed by atoms with E-state index in [9.17, 15) is 4.79 Å². The van der Waals surface area contributed by atoms with Crippen molar-refractivity contribution >= 4 is 11.6 Å². The van der Waals surface area contributed by atoms with Crippen LogP contribution in [0.3, 0.4) is 0 Å². The predicted octanol–water partition coefficient (Wildman–Crippen LogP) is 3.37. The fourth-order valence-electron chi connectivity index (χ4n) is 2.62. The third-order valence-electron chi connectivity index (χ3n) is 3.85. The van der Waals surface area contributed by atoms with E-state index >= 15 is 0 Å². The van der Waals surface area contributed by atoms with E-state index in [2.05, 4.69) is 15.4 Å². The molecule has 1 amide bonds. The second-order valence-electron chi connectivity index (χ2n) is 6.24. The number of para-hydroxylation sites is 1. The zero-order valence-corrected chi connectivity index (χ0v) is 15.5. The molecule has 1 N–H and O–H groups in total. The fourth-order valence-corrected chi connectivity index (χ4v) is 2.62. The number of benzene rings is 2. The van der Waals surface area contributed by atoms with E-state index in [0.29, 0.717) is 23.6 Å². The zero-order chi connectivity index (χ0) is 19.2. The summed E-state index contributed by atoms with van der Waals surface area (Å²) in [5.41, 5.74) is 2.14. The van der Waals surface area contributed by atoms with Gasteiger partial charge in [0.15, 0.2) is 11.5 Å². The highest BCUT2D eigenvalue weighted by Crippen LogP contribution is 2.29. The summed E-state index contributed by atoms with van der Waals surface area (Å²) in [5.74, 6) is 0.901. The molecule has 3 aromatic rings. The molecule has 0 fully saturated rings. The standard InChI is InChI=1S/C20H22N4O3/c1-14(2)27-18-9-8-15(10-19(18)26-3)20(25)23-17-7-5-4-6-16(17)11-24-13-21-12-22-24/h4-10,12-14H,11H2,1-3H3,(H,23,25). The summed E-state index contributed by atoms with van der Waals surface area (Å²) in [6.07, 6.45) is 3.13. The lowest BCUT2D eigenvalue weighted by Gasteiger charge is -2.15. The molecule has 0 aliphatic carbocycles. The van der Waals surface area contributed by atoms with Gasteiger partial charge in [0, 0.05) is 11.3 Å². The smallest absolute Gasteiger partial charge is 0.255 e. The van der Waals surface area contributed by atoms with Crippen molar-refractivity contribution in [3.63, 3.8) is 0 Å². The minimum atomic E-state index is -0.226. The van der Waals surface area contributed by atoms with Gasteiger partial charge in [-0.3, -0.25) is 4.79 Å². The lowest BCUT2D eigenvalue weighted by Crippen LogP contribution is -2.15. The van der Waals surface area contributed by atoms with E-state index in [1.807, 2.05) is 38.1 Å². The van der Waals surface area contributed by atoms with Crippen molar-refractivity contribution in [3.8, 4) is 11.5 Å². The number of amides is 1. The SMILES string of the molecule is COc1cc(C(=O)Nc2ccccc2Cn2cncn2)ccc1OC(C)C. The Morgan fingerprint density at radius 2 is 2.00 bits per heavy atom. The largest absolute Gasteiger partial charge is 0.493 e. The molecule has 0 saturated carbocycles. The van der Waals surface area contributed by atoms with Gasteiger partial charge in [-0.25, -0.2) is 9.67 Å². The minimum Gasteiger partial charge on any atom is -0.493 e. The Morgan fingerprint density at radius 3 is 2.70 bits per heavy atom. The second-order valence-corrected chi connectivity index (χ2v) is 6.24. The Kier molecular flexibility index (Phi) is 5.71. The van der Waals surface area contributed by atoms with Crippen LogP contribution in [0.25, 0.3) is 0 Å². The lowest BCUT2D eigenvalue weighted by molar-refractivity contribution is 0.102. The van der Waals surface area contributed by atoms with Crippen molar-refractivity contribution < 1.29 is 14.3 Å². The topological polar surface area (TPSA) is 78.3 Å². The maximum atomic E-state index is 12.7. The molecule has 7 heteroatoms. The number of anilines is 1. The number of carbonyl (C=O) groups excluding carboxylic acids is 1. The first-order valence-corrected chi connectivity index (χ1v) is 8.63. The molecule has 1 aromatic heterocycles. The van der Waals surface area contributed by atoms with Crippen LogP contribution in [0.4, 0.5) is 5.69 Å². The summed E-state index contributed by atoms with van der Waals surface area (Å²) in [4.78, 5) is 16.7. The van der Waals surface area contributed by atoms with E-state index in [1.54, 1.807) is 36.3 Å². The summed E-state index contributed by atoms with van der Waals surface area (Å²) in [6, 6.07) is 12.7. The van der Waals surface area contributed by atoms with Gasteiger partial charge >= 0.3 is 0 Å². The molecule has 140 valence electrons. The Balaban J connectivity index is 1.79. The van der Waals surface area contributed by atoms with Crippen LogP contribution in [0.1, 0.15) is 29.8 Å². The highest BCUT2D eigenvalue weighted by atomic mass is 16.5. The van der Waals surface area contributed by atoms with Gasteiger partial charge in [-0.15, -0.1) is 0 Å². The monoisotopic (exact) mass is 366 g/mol. The van der Waals surface area contributed by atoms with E-state index in [0.717, 1.165) is 11.3 Å². The maximum absolute atomic E-state index is 12.7. The van der Waals surface area contributed by atoms with Crippen LogP contribution in [0.2, 0.25) is 0 Å². The molecule has 0 saturated heterocycles.